The Hall–Kier alpha value is -0.120. The molecule has 20 heavy (non-hydrogen) atoms. The van der Waals surface area contributed by atoms with Crippen LogP contribution < -0.4 is 5.32 Å². The molecule has 2 rings (SSSR count). The summed E-state index contributed by atoms with van der Waals surface area (Å²) in [6, 6.07) is 7.39. The number of thioether (sulfide) groups is 2. The van der Waals surface area contributed by atoms with Gasteiger partial charge in [0.2, 0.25) is 0 Å². The predicted octanol–water partition coefficient (Wildman–Crippen LogP) is 4.06. The van der Waals surface area contributed by atoms with Crippen LogP contribution in [0.5, 0.6) is 0 Å². The number of likely N-dealkylation sites (N-methyl/N-ethyl adjacent to an activating group) is 1. The van der Waals surface area contributed by atoms with Crippen molar-refractivity contribution in [1.29, 1.82) is 0 Å². The monoisotopic (exact) mass is 309 g/mol. The van der Waals surface area contributed by atoms with Gasteiger partial charge in [0.1, 0.15) is 0 Å². The average Bonchev–Trinajstić information content (AvgIpc) is 2.43. The van der Waals surface area contributed by atoms with Crippen molar-refractivity contribution in [3.8, 4) is 0 Å². The molecule has 0 saturated carbocycles. The molecule has 0 bridgehead atoms. The van der Waals surface area contributed by atoms with Crippen LogP contribution in [0.25, 0.3) is 0 Å². The Morgan fingerprint density at radius 1 is 1.25 bits per heavy atom. The van der Waals surface area contributed by atoms with Gasteiger partial charge in [0.05, 0.1) is 0 Å². The summed E-state index contributed by atoms with van der Waals surface area (Å²) in [6.07, 6.45) is 1.14. The lowest BCUT2D eigenvalue weighted by Crippen LogP contribution is -2.43. The Labute approximate surface area is 132 Å². The van der Waals surface area contributed by atoms with E-state index in [4.69, 9.17) is 0 Å². The van der Waals surface area contributed by atoms with Gasteiger partial charge in [-0.25, -0.2) is 0 Å². The molecule has 3 heteroatoms. The SMILES string of the molecule is CNC(Cc1cc(C)ccc1C)C1CSC(C)C(C)S1. The van der Waals surface area contributed by atoms with Crippen LogP contribution in [-0.4, -0.2) is 34.6 Å². The first kappa shape index (κ1) is 16.3. The number of benzene rings is 1. The maximum atomic E-state index is 3.57. The molecule has 1 saturated heterocycles. The summed E-state index contributed by atoms with van der Waals surface area (Å²) in [5, 5.41) is 5.83. The normalized spacial score (nSPS) is 28.4. The highest BCUT2D eigenvalue weighted by atomic mass is 32.2. The van der Waals surface area contributed by atoms with Crippen molar-refractivity contribution >= 4 is 23.5 Å². The number of rotatable bonds is 4. The van der Waals surface area contributed by atoms with E-state index < -0.39 is 0 Å². The van der Waals surface area contributed by atoms with Gasteiger partial charge in [-0.15, -0.1) is 0 Å². The molecule has 1 heterocycles. The Morgan fingerprint density at radius 3 is 2.65 bits per heavy atom. The standard InChI is InChI=1S/C17H27NS2/c1-11-6-7-12(2)15(8-11)9-16(18-5)17-10-19-13(3)14(4)20-17/h6-8,13-14,16-18H,9-10H2,1-5H3. The Morgan fingerprint density at radius 2 is 2.00 bits per heavy atom. The van der Waals surface area contributed by atoms with Gasteiger partial charge >= 0.3 is 0 Å². The molecule has 4 unspecified atom stereocenters. The summed E-state index contributed by atoms with van der Waals surface area (Å²) in [6.45, 7) is 9.15. The van der Waals surface area contributed by atoms with Gasteiger partial charge in [-0.2, -0.15) is 23.5 Å². The topological polar surface area (TPSA) is 12.0 Å². The third-order valence-corrected chi connectivity index (χ3v) is 7.89. The Bertz CT molecular complexity index is 447. The molecule has 1 nitrogen and oxygen atoms in total. The van der Waals surface area contributed by atoms with Crippen molar-refractivity contribution in [2.75, 3.05) is 12.8 Å². The van der Waals surface area contributed by atoms with Crippen LogP contribution in [0.2, 0.25) is 0 Å². The van der Waals surface area contributed by atoms with E-state index in [1.54, 1.807) is 0 Å². The molecule has 0 aromatic heterocycles. The molecule has 0 amide bonds. The quantitative estimate of drug-likeness (QED) is 0.901. The predicted molar refractivity (Wildman–Crippen MR) is 95.2 cm³/mol. The van der Waals surface area contributed by atoms with E-state index in [9.17, 15) is 0 Å². The van der Waals surface area contributed by atoms with E-state index in [1.165, 1.54) is 22.4 Å². The summed E-state index contributed by atoms with van der Waals surface area (Å²) < 4.78 is 0. The van der Waals surface area contributed by atoms with Crippen molar-refractivity contribution in [2.24, 2.45) is 0 Å². The van der Waals surface area contributed by atoms with Crippen LogP contribution in [0.3, 0.4) is 0 Å². The third-order valence-electron chi connectivity index (χ3n) is 4.34. The highest BCUT2D eigenvalue weighted by Crippen LogP contribution is 2.37. The van der Waals surface area contributed by atoms with Gasteiger partial charge in [-0.3, -0.25) is 0 Å². The zero-order valence-corrected chi connectivity index (χ0v) is 14.9. The third kappa shape index (κ3) is 3.96. The molecule has 1 aromatic carbocycles. The lowest BCUT2D eigenvalue weighted by molar-refractivity contribution is 0.553. The number of aryl methyl sites for hydroxylation is 2. The van der Waals surface area contributed by atoms with E-state index >= 15 is 0 Å². The van der Waals surface area contributed by atoms with E-state index in [0.29, 0.717) is 6.04 Å². The first-order valence-electron chi connectivity index (χ1n) is 7.51. The Kier molecular flexibility index (Phi) is 5.88. The lowest BCUT2D eigenvalue weighted by atomic mass is 9.97. The van der Waals surface area contributed by atoms with Gasteiger partial charge in [-0.05, 0) is 38.4 Å². The minimum absolute atomic E-state index is 0.572. The van der Waals surface area contributed by atoms with Crippen LogP contribution in [0, 0.1) is 13.8 Å². The maximum absolute atomic E-state index is 3.57. The molecular weight excluding hydrogens is 282 g/mol. The smallest absolute Gasteiger partial charge is 0.0298 e. The average molecular weight is 310 g/mol. The van der Waals surface area contributed by atoms with Crippen molar-refractivity contribution in [3.05, 3.63) is 34.9 Å². The van der Waals surface area contributed by atoms with Gasteiger partial charge in [0.25, 0.3) is 0 Å². The van der Waals surface area contributed by atoms with E-state index in [1.807, 2.05) is 0 Å². The van der Waals surface area contributed by atoms with E-state index in [2.05, 4.69) is 81.8 Å². The molecule has 1 aromatic rings. The van der Waals surface area contributed by atoms with Crippen molar-refractivity contribution in [3.63, 3.8) is 0 Å². The fraction of sp³-hybridized carbons (Fsp3) is 0.647. The van der Waals surface area contributed by atoms with Gasteiger partial charge in [-0.1, -0.05) is 37.6 Å². The second-order valence-corrected chi connectivity index (χ2v) is 8.98. The number of nitrogens with one attached hydrogen (secondary N) is 1. The minimum Gasteiger partial charge on any atom is -0.316 e. The zero-order valence-electron chi connectivity index (χ0n) is 13.3. The van der Waals surface area contributed by atoms with Gasteiger partial charge in [0, 0.05) is 27.5 Å². The van der Waals surface area contributed by atoms with Gasteiger partial charge < -0.3 is 5.32 Å². The van der Waals surface area contributed by atoms with Gasteiger partial charge in [0.15, 0.2) is 0 Å². The fourth-order valence-corrected chi connectivity index (χ4v) is 5.86. The molecule has 4 atom stereocenters. The van der Waals surface area contributed by atoms with Crippen molar-refractivity contribution in [1.82, 2.24) is 5.32 Å². The fourth-order valence-electron chi connectivity index (χ4n) is 2.70. The highest BCUT2D eigenvalue weighted by molar-refractivity contribution is 8.07. The van der Waals surface area contributed by atoms with Crippen LogP contribution in [-0.2, 0) is 6.42 Å². The van der Waals surface area contributed by atoms with Crippen LogP contribution in [0.15, 0.2) is 18.2 Å². The molecule has 0 aliphatic carbocycles. The first-order valence-corrected chi connectivity index (χ1v) is 9.51. The second kappa shape index (κ2) is 7.24. The molecule has 1 N–H and O–H groups in total. The van der Waals surface area contributed by atoms with Crippen LogP contribution in [0.4, 0.5) is 0 Å². The molecule has 0 spiro atoms. The summed E-state index contributed by atoms with van der Waals surface area (Å²) in [5.41, 5.74) is 4.29. The number of hydrogen-bond acceptors (Lipinski definition) is 3. The van der Waals surface area contributed by atoms with Crippen molar-refractivity contribution < 1.29 is 0 Å². The Balaban J connectivity index is 2.07. The molecule has 0 radical (unpaired) electrons. The summed E-state index contributed by atoms with van der Waals surface area (Å²) in [5.74, 6) is 1.27. The molecule has 1 aliphatic rings. The van der Waals surface area contributed by atoms with Crippen LogP contribution in [0.1, 0.15) is 30.5 Å². The van der Waals surface area contributed by atoms with E-state index in [0.717, 1.165) is 22.2 Å². The zero-order chi connectivity index (χ0) is 14.7. The molecule has 1 aliphatic heterocycles. The molecule has 1 fully saturated rings. The summed E-state index contributed by atoms with van der Waals surface area (Å²) in [4.78, 5) is 0. The molecule has 112 valence electrons. The van der Waals surface area contributed by atoms with Crippen LogP contribution >= 0.6 is 23.5 Å². The summed E-state index contributed by atoms with van der Waals surface area (Å²) in [7, 11) is 2.11. The maximum Gasteiger partial charge on any atom is 0.0298 e. The second-order valence-electron chi connectivity index (χ2n) is 5.95. The molecular formula is C17H27NS2. The summed E-state index contributed by atoms with van der Waals surface area (Å²) >= 11 is 4.31. The largest absolute Gasteiger partial charge is 0.316 e. The highest BCUT2D eigenvalue weighted by Gasteiger charge is 2.30. The lowest BCUT2D eigenvalue weighted by Gasteiger charge is -2.36. The number of hydrogen-bond donors (Lipinski definition) is 1. The van der Waals surface area contributed by atoms with E-state index in [-0.39, 0.29) is 0 Å². The first-order chi connectivity index (χ1) is 9.51. The minimum atomic E-state index is 0.572. The van der Waals surface area contributed by atoms with Crippen molar-refractivity contribution in [2.45, 2.75) is 55.9 Å².